The number of amides is 3. The van der Waals surface area contributed by atoms with E-state index in [1.807, 2.05) is 25.1 Å². The molecule has 2 aromatic carbocycles. The number of aromatic hydroxyl groups is 1. The molecule has 9 nitrogen and oxygen atoms in total. The molecular weight excluding hydrogens is 479 g/mol. The average Bonchev–Trinajstić information content (AvgIpc) is 3.26. The molecule has 1 aliphatic rings. The zero-order valence-electron chi connectivity index (χ0n) is 21.4. The monoisotopic (exact) mass is 514 g/mol. The third-order valence-electron chi connectivity index (χ3n) is 6.49. The molecule has 0 radical (unpaired) electrons. The van der Waals surface area contributed by atoms with Crippen molar-refractivity contribution in [1.29, 1.82) is 0 Å². The number of benzene rings is 2. The van der Waals surface area contributed by atoms with Gasteiger partial charge in [-0.1, -0.05) is 36.4 Å². The van der Waals surface area contributed by atoms with Gasteiger partial charge in [-0.15, -0.1) is 0 Å². The van der Waals surface area contributed by atoms with E-state index in [9.17, 15) is 29.0 Å². The van der Waals surface area contributed by atoms with Crippen molar-refractivity contribution in [2.24, 2.45) is 0 Å². The van der Waals surface area contributed by atoms with E-state index in [1.54, 1.807) is 31.2 Å². The summed E-state index contributed by atoms with van der Waals surface area (Å²) in [6, 6.07) is 11.4. The van der Waals surface area contributed by atoms with E-state index in [2.05, 4.69) is 10.6 Å². The summed E-state index contributed by atoms with van der Waals surface area (Å²) in [5, 5.41) is 26.6. The van der Waals surface area contributed by atoms with Crippen LogP contribution in [-0.2, 0) is 16.0 Å². The highest BCUT2D eigenvalue weighted by Crippen LogP contribution is 2.24. The summed E-state index contributed by atoms with van der Waals surface area (Å²) in [5.74, 6) is -1.95. The third kappa shape index (κ3) is 7.27. The van der Waals surface area contributed by atoms with Crippen molar-refractivity contribution in [2.75, 3.05) is 33.7 Å². The van der Waals surface area contributed by atoms with Gasteiger partial charge in [0.1, 0.15) is 18.0 Å². The minimum Gasteiger partial charge on any atom is -0.508 e. The van der Waals surface area contributed by atoms with E-state index in [0.717, 1.165) is 10.5 Å². The van der Waals surface area contributed by atoms with E-state index < -0.39 is 42.1 Å². The fraction of sp³-hybridized carbons (Fsp3) is 0.444. The molecule has 0 unspecified atom stereocenters. The second-order valence-corrected chi connectivity index (χ2v) is 9.60. The van der Waals surface area contributed by atoms with Crippen molar-refractivity contribution in [3.05, 3.63) is 65.2 Å². The minimum absolute atomic E-state index is 0.0574. The number of likely N-dealkylation sites (tertiary alicyclic amines) is 1. The molecule has 4 atom stereocenters. The molecule has 10 heteroatoms. The Labute approximate surface area is 216 Å². The first kappa shape index (κ1) is 28.1. The number of carbonyl (C=O) groups excluding carboxylic acids is 3. The lowest BCUT2D eigenvalue weighted by Gasteiger charge is -2.30. The first-order valence-corrected chi connectivity index (χ1v) is 12.3. The molecule has 0 saturated carbocycles. The van der Waals surface area contributed by atoms with Gasteiger partial charge in [0.05, 0.1) is 12.6 Å². The van der Waals surface area contributed by atoms with Crippen LogP contribution in [0.2, 0.25) is 0 Å². The lowest BCUT2D eigenvalue weighted by Crippen LogP contribution is -2.56. The summed E-state index contributed by atoms with van der Waals surface area (Å²) in [4.78, 5) is 42.1. The summed E-state index contributed by atoms with van der Waals surface area (Å²) in [6.45, 7) is 2.18. The number of halogens is 1. The van der Waals surface area contributed by atoms with Gasteiger partial charge in [0.15, 0.2) is 6.10 Å². The number of likely N-dealkylation sites (N-methyl/N-ethyl adjacent to an activating group) is 1. The second kappa shape index (κ2) is 12.6. The number of nitrogens with zero attached hydrogens (tertiary/aromatic N) is 2. The van der Waals surface area contributed by atoms with Gasteiger partial charge in [0.25, 0.3) is 11.8 Å². The molecule has 4 N–H and O–H groups in total. The second-order valence-electron chi connectivity index (χ2n) is 9.60. The Morgan fingerprint density at radius 2 is 1.84 bits per heavy atom. The number of rotatable bonds is 10. The van der Waals surface area contributed by atoms with E-state index in [1.165, 1.54) is 18.2 Å². The van der Waals surface area contributed by atoms with Crippen LogP contribution >= 0.6 is 0 Å². The molecule has 3 rings (SSSR count). The van der Waals surface area contributed by atoms with Gasteiger partial charge >= 0.3 is 0 Å². The van der Waals surface area contributed by atoms with Crippen LogP contribution in [0.25, 0.3) is 0 Å². The van der Waals surface area contributed by atoms with E-state index in [4.69, 9.17) is 0 Å². The molecule has 1 saturated heterocycles. The smallest absolute Gasteiger partial charge is 0.254 e. The molecule has 3 amide bonds. The predicted molar refractivity (Wildman–Crippen MR) is 137 cm³/mol. The molecule has 1 aliphatic heterocycles. The van der Waals surface area contributed by atoms with Crippen LogP contribution in [-0.4, -0.2) is 95.8 Å². The Morgan fingerprint density at radius 1 is 1.14 bits per heavy atom. The van der Waals surface area contributed by atoms with Crippen LogP contribution < -0.4 is 10.6 Å². The third-order valence-corrected chi connectivity index (χ3v) is 6.49. The van der Waals surface area contributed by atoms with E-state index >= 15 is 0 Å². The maximum Gasteiger partial charge on any atom is 0.254 e. The molecule has 2 aromatic rings. The molecule has 37 heavy (non-hydrogen) atoms. The topological polar surface area (TPSA) is 122 Å². The summed E-state index contributed by atoms with van der Waals surface area (Å²) in [6.07, 6.45) is -3.18. The standard InChI is InChI=1S/C27H35FN4O5/c1-17-20(10-7-11-23(17)33)25(35)30-21(14-18-8-5-4-6-9-18)24(34)27(37)32-16-19(28)15-22(32)26(36)29-12-13-31(2)3/h4-11,19,21-22,24,33-34H,12-16H2,1-3H3,(H,29,36)(H,30,35)/t19-,21-,22-,24-/m0/s1. The largest absolute Gasteiger partial charge is 0.508 e. The van der Waals surface area contributed by atoms with Gasteiger partial charge in [-0.3, -0.25) is 14.4 Å². The van der Waals surface area contributed by atoms with Crippen molar-refractivity contribution in [3.63, 3.8) is 0 Å². The Morgan fingerprint density at radius 3 is 2.51 bits per heavy atom. The molecule has 1 heterocycles. The zero-order chi connectivity index (χ0) is 27.1. The number of hydrogen-bond donors (Lipinski definition) is 4. The fourth-order valence-corrected chi connectivity index (χ4v) is 4.36. The number of phenolic OH excluding ortho intramolecular Hbond substituents is 1. The summed E-state index contributed by atoms with van der Waals surface area (Å²) in [7, 11) is 3.70. The Hall–Kier alpha value is -3.50. The van der Waals surface area contributed by atoms with Gasteiger partial charge < -0.3 is 30.6 Å². The molecule has 1 fully saturated rings. The lowest BCUT2D eigenvalue weighted by atomic mass is 9.98. The molecule has 0 aromatic heterocycles. The fourth-order valence-electron chi connectivity index (χ4n) is 4.36. The van der Waals surface area contributed by atoms with Gasteiger partial charge in [-0.05, 0) is 45.1 Å². The van der Waals surface area contributed by atoms with Crippen LogP contribution in [0.4, 0.5) is 4.39 Å². The first-order valence-electron chi connectivity index (χ1n) is 12.3. The normalized spacial score (nSPS) is 18.9. The maximum absolute atomic E-state index is 14.4. The van der Waals surface area contributed by atoms with Crippen molar-refractivity contribution in [1.82, 2.24) is 20.4 Å². The summed E-state index contributed by atoms with van der Waals surface area (Å²) < 4.78 is 14.4. The van der Waals surface area contributed by atoms with Crippen LogP contribution in [0.5, 0.6) is 5.75 Å². The lowest BCUT2D eigenvalue weighted by molar-refractivity contribution is -0.146. The van der Waals surface area contributed by atoms with E-state index in [0.29, 0.717) is 18.7 Å². The van der Waals surface area contributed by atoms with Crippen LogP contribution in [0.15, 0.2) is 48.5 Å². The van der Waals surface area contributed by atoms with Crippen LogP contribution in [0, 0.1) is 6.92 Å². The highest BCUT2D eigenvalue weighted by molar-refractivity contribution is 5.97. The highest BCUT2D eigenvalue weighted by Gasteiger charge is 2.43. The minimum atomic E-state index is -1.73. The van der Waals surface area contributed by atoms with Crippen molar-refractivity contribution in [3.8, 4) is 5.75 Å². The average molecular weight is 515 g/mol. The van der Waals surface area contributed by atoms with Crippen molar-refractivity contribution in [2.45, 2.75) is 44.1 Å². The van der Waals surface area contributed by atoms with E-state index in [-0.39, 0.29) is 30.7 Å². The number of hydrogen-bond acceptors (Lipinski definition) is 6. The maximum atomic E-state index is 14.4. The number of alkyl halides is 1. The number of aliphatic hydroxyl groups excluding tert-OH is 1. The SMILES string of the molecule is Cc1c(O)cccc1C(=O)N[C@@H](Cc1ccccc1)[C@H](O)C(=O)N1C[C@@H](F)C[C@H]1C(=O)NCCN(C)C. The molecular formula is C27H35FN4O5. The Balaban J connectivity index is 1.81. The highest BCUT2D eigenvalue weighted by atomic mass is 19.1. The summed E-state index contributed by atoms with van der Waals surface area (Å²) >= 11 is 0. The van der Waals surface area contributed by atoms with Gasteiger partial charge in [-0.2, -0.15) is 0 Å². The number of carbonyl (C=O) groups is 3. The molecule has 0 bridgehead atoms. The summed E-state index contributed by atoms with van der Waals surface area (Å²) in [5.41, 5.74) is 1.31. The number of phenols is 1. The Kier molecular flexibility index (Phi) is 9.60. The molecule has 0 spiro atoms. The van der Waals surface area contributed by atoms with Crippen molar-refractivity contribution < 1.29 is 29.0 Å². The molecule has 0 aliphatic carbocycles. The van der Waals surface area contributed by atoms with Crippen molar-refractivity contribution >= 4 is 17.7 Å². The molecule has 200 valence electrons. The van der Waals surface area contributed by atoms with Crippen LogP contribution in [0.3, 0.4) is 0 Å². The predicted octanol–water partition coefficient (Wildman–Crippen LogP) is 1.02. The quantitative estimate of drug-likeness (QED) is 0.376. The Bertz CT molecular complexity index is 1100. The number of nitrogens with one attached hydrogen (secondary N) is 2. The van der Waals surface area contributed by atoms with Crippen LogP contribution in [0.1, 0.15) is 27.9 Å². The number of aliphatic hydroxyl groups is 1. The van der Waals surface area contributed by atoms with Gasteiger partial charge in [0, 0.05) is 30.6 Å². The first-order chi connectivity index (χ1) is 17.6. The zero-order valence-corrected chi connectivity index (χ0v) is 21.4. The van der Waals surface area contributed by atoms with Gasteiger partial charge in [0.2, 0.25) is 5.91 Å². The van der Waals surface area contributed by atoms with Gasteiger partial charge in [-0.25, -0.2) is 4.39 Å².